The van der Waals surface area contributed by atoms with Crippen LogP contribution in [0.15, 0.2) is 78.9 Å². The van der Waals surface area contributed by atoms with Crippen LogP contribution < -0.4 is 4.74 Å². The summed E-state index contributed by atoms with van der Waals surface area (Å²) in [4.78, 5) is 2.49. The lowest BCUT2D eigenvalue weighted by atomic mass is 10.1. The molecule has 0 bridgehead atoms. The van der Waals surface area contributed by atoms with Crippen molar-refractivity contribution in [3.63, 3.8) is 0 Å². The number of benzene rings is 3. The van der Waals surface area contributed by atoms with E-state index in [0.29, 0.717) is 6.61 Å². The van der Waals surface area contributed by atoms with Gasteiger partial charge in [0, 0.05) is 31.6 Å². The van der Waals surface area contributed by atoms with E-state index in [4.69, 9.17) is 14.6 Å². The zero-order valence-electron chi connectivity index (χ0n) is 20.0. The smallest absolute Gasteiger partial charge is 0.150 e. The minimum Gasteiger partial charge on any atom is -0.494 e. The number of rotatable bonds is 10. The first kappa shape index (κ1) is 24.3. The molecule has 0 spiro atoms. The summed E-state index contributed by atoms with van der Waals surface area (Å²) in [6.07, 6.45) is 4.35. The first-order chi connectivity index (χ1) is 17.3. The number of nitrogens with zero attached hydrogens (tertiary/aromatic N) is 3. The van der Waals surface area contributed by atoms with Crippen LogP contribution in [0.4, 0.5) is 0 Å². The summed E-state index contributed by atoms with van der Waals surface area (Å²) >= 11 is 2.32. The molecule has 0 radical (unpaired) electrons. The molecule has 2 heterocycles. The Bertz CT molecular complexity index is 1170. The van der Waals surface area contributed by atoms with Crippen LogP contribution in [-0.2, 0) is 17.8 Å². The average molecular weight is 581 g/mol. The van der Waals surface area contributed by atoms with E-state index < -0.39 is 0 Å². The Morgan fingerprint density at radius 1 is 0.943 bits per heavy atom. The van der Waals surface area contributed by atoms with Gasteiger partial charge in [-0.3, -0.25) is 4.90 Å². The number of halogens is 1. The van der Waals surface area contributed by atoms with Gasteiger partial charge < -0.3 is 9.47 Å². The Balaban J connectivity index is 1.19. The Hall–Kier alpha value is -2.42. The Kier molecular flexibility index (Phi) is 8.33. The minimum absolute atomic E-state index is 0.0433. The zero-order valence-corrected chi connectivity index (χ0v) is 22.1. The molecule has 1 aliphatic rings. The second-order valence-electron chi connectivity index (χ2n) is 9.12. The van der Waals surface area contributed by atoms with Gasteiger partial charge in [-0.1, -0.05) is 60.7 Å². The molecule has 1 fully saturated rings. The molecule has 1 atom stereocenters. The molecule has 1 unspecified atom stereocenters. The molecule has 1 aromatic heterocycles. The van der Waals surface area contributed by atoms with Crippen molar-refractivity contribution in [2.75, 3.05) is 19.8 Å². The zero-order chi connectivity index (χ0) is 23.9. The quantitative estimate of drug-likeness (QED) is 0.152. The molecule has 5 nitrogen and oxygen atoms in total. The summed E-state index contributed by atoms with van der Waals surface area (Å²) in [7, 11) is 0. The van der Waals surface area contributed by atoms with Crippen LogP contribution in [0.3, 0.4) is 0 Å². The lowest BCUT2D eigenvalue weighted by molar-refractivity contribution is -0.0368. The second-order valence-corrected chi connectivity index (χ2v) is 10.1. The first-order valence-electron chi connectivity index (χ1n) is 12.5. The highest BCUT2D eigenvalue weighted by atomic mass is 127. The Morgan fingerprint density at radius 2 is 1.66 bits per heavy atom. The lowest BCUT2D eigenvalue weighted by Crippen LogP contribution is -2.25. The topological polar surface area (TPSA) is 39.5 Å². The lowest BCUT2D eigenvalue weighted by Gasteiger charge is -2.23. The SMILES string of the molecule is Ic1nn(C2CCCCO2)c2ccc(OCCCN(Cc3ccccc3)Cc3ccccc3)cc12. The average Bonchev–Trinajstić information content (AvgIpc) is 3.24. The summed E-state index contributed by atoms with van der Waals surface area (Å²) < 4.78 is 15.2. The van der Waals surface area contributed by atoms with Crippen LogP contribution in [0, 0.1) is 3.70 Å². The predicted octanol–water partition coefficient (Wildman–Crippen LogP) is 6.81. The summed E-state index contributed by atoms with van der Waals surface area (Å²) in [5.41, 5.74) is 3.79. The maximum absolute atomic E-state index is 6.18. The normalized spacial score (nSPS) is 16.1. The minimum atomic E-state index is 0.0433. The van der Waals surface area contributed by atoms with Crippen LogP contribution in [-0.4, -0.2) is 34.4 Å². The Morgan fingerprint density at radius 3 is 2.31 bits per heavy atom. The maximum Gasteiger partial charge on any atom is 0.150 e. The van der Waals surface area contributed by atoms with E-state index >= 15 is 0 Å². The number of hydrogen-bond acceptors (Lipinski definition) is 4. The first-order valence-corrected chi connectivity index (χ1v) is 13.6. The highest BCUT2D eigenvalue weighted by molar-refractivity contribution is 14.1. The van der Waals surface area contributed by atoms with E-state index in [2.05, 4.69) is 106 Å². The standard InChI is InChI=1S/C29H32IN3O2/c30-29-26-20-25(15-16-27(26)33(31-29)28-14-7-8-18-35-28)34-19-9-17-32(21-23-10-3-1-4-11-23)22-24-12-5-2-6-13-24/h1-6,10-13,15-16,20,28H,7-9,14,17-19,21-22H2. The van der Waals surface area contributed by atoms with Gasteiger partial charge in [-0.2, -0.15) is 5.10 Å². The molecule has 1 aliphatic heterocycles. The molecule has 35 heavy (non-hydrogen) atoms. The fourth-order valence-corrected chi connectivity index (χ4v) is 5.35. The van der Waals surface area contributed by atoms with Crippen LogP contribution in [0.25, 0.3) is 10.9 Å². The van der Waals surface area contributed by atoms with Crippen molar-refractivity contribution < 1.29 is 9.47 Å². The number of ether oxygens (including phenoxy) is 2. The second kappa shape index (κ2) is 12.0. The van der Waals surface area contributed by atoms with E-state index in [1.54, 1.807) is 0 Å². The number of aromatic nitrogens is 2. The van der Waals surface area contributed by atoms with Gasteiger partial charge in [-0.15, -0.1) is 0 Å². The third kappa shape index (κ3) is 6.42. The van der Waals surface area contributed by atoms with Crippen molar-refractivity contribution >= 4 is 33.5 Å². The monoisotopic (exact) mass is 581 g/mol. The summed E-state index contributed by atoms with van der Waals surface area (Å²) in [5.74, 6) is 0.900. The number of hydrogen-bond donors (Lipinski definition) is 0. The van der Waals surface area contributed by atoms with Crippen molar-refractivity contribution in [1.29, 1.82) is 0 Å². The van der Waals surface area contributed by atoms with E-state index in [0.717, 1.165) is 65.9 Å². The highest BCUT2D eigenvalue weighted by Crippen LogP contribution is 2.31. The van der Waals surface area contributed by atoms with Crippen molar-refractivity contribution in [2.24, 2.45) is 0 Å². The number of fused-ring (bicyclic) bond motifs is 1. The molecular formula is C29H32IN3O2. The van der Waals surface area contributed by atoms with Gasteiger partial charge in [-0.05, 0) is 77.6 Å². The van der Waals surface area contributed by atoms with Gasteiger partial charge in [0.2, 0.25) is 0 Å². The summed E-state index contributed by atoms with van der Waals surface area (Å²) in [6, 6.07) is 27.7. The summed E-state index contributed by atoms with van der Waals surface area (Å²) in [5, 5.41) is 5.90. The van der Waals surface area contributed by atoms with Crippen LogP contribution in [0.2, 0.25) is 0 Å². The molecule has 182 valence electrons. The predicted molar refractivity (Wildman–Crippen MR) is 148 cm³/mol. The van der Waals surface area contributed by atoms with E-state index in [1.165, 1.54) is 17.5 Å². The van der Waals surface area contributed by atoms with Crippen molar-refractivity contribution in [1.82, 2.24) is 14.7 Å². The molecule has 5 rings (SSSR count). The molecule has 0 amide bonds. The van der Waals surface area contributed by atoms with Gasteiger partial charge in [0.25, 0.3) is 0 Å². The molecular weight excluding hydrogens is 549 g/mol. The molecule has 1 saturated heterocycles. The van der Waals surface area contributed by atoms with Crippen molar-refractivity contribution in [2.45, 2.75) is 45.0 Å². The Labute approximate surface area is 221 Å². The van der Waals surface area contributed by atoms with Gasteiger partial charge in [0.15, 0.2) is 6.23 Å². The molecule has 4 aromatic rings. The van der Waals surface area contributed by atoms with Crippen molar-refractivity contribution in [3.05, 3.63) is 93.7 Å². The van der Waals surface area contributed by atoms with Gasteiger partial charge in [0.05, 0.1) is 12.1 Å². The van der Waals surface area contributed by atoms with Gasteiger partial charge in [0.1, 0.15) is 9.45 Å². The third-order valence-electron chi connectivity index (χ3n) is 6.45. The van der Waals surface area contributed by atoms with Crippen LogP contribution in [0.5, 0.6) is 5.75 Å². The maximum atomic E-state index is 6.18. The molecule has 6 heteroatoms. The van der Waals surface area contributed by atoms with E-state index in [1.807, 2.05) is 4.68 Å². The van der Waals surface area contributed by atoms with Crippen LogP contribution in [0.1, 0.15) is 43.0 Å². The molecule has 0 N–H and O–H groups in total. The molecule has 0 aliphatic carbocycles. The van der Waals surface area contributed by atoms with Gasteiger partial charge >= 0.3 is 0 Å². The van der Waals surface area contributed by atoms with E-state index in [9.17, 15) is 0 Å². The molecule has 0 saturated carbocycles. The fraction of sp³-hybridized carbons (Fsp3) is 0.345. The van der Waals surface area contributed by atoms with Crippen LogP contribution >= 0.6 is 22.6 Å². The van der Waals surface area contributed by atoms with E-state index in [-0.39, 0.29) is 6.23 Å². The summed E-state index contributed by atoms with van der Waals surface area (Å²) in [6.45, 7) is 4.34. The van der Waals surface area contributed by atoms with Gasteiger partial charge in [-0.25, -0.2) is 4.68 Å². The largest absolute Gasteiger partial charge is 0.494 e. The van der Waals surface area contributed by atoms with Crippen molar-refractivity contribution in [3.8, 4) is 5.75 Å². The molecule has 3 aromatic carbocycles. The third-order valence-corrected chi connectivity index (χ3v) is 7.24. The fourth-order valence-electron chi connectivity index (χ4n) is 4.68. The highest BCUT2D eigenvalue weighted by Gasteiger charge is 2.20.